The molecule has 0 aromatic heterocycles. The summed E-state index contributed by atoms with van der Waals surface area (Å²) in [6.07, 6.45) is 2.50. The zero-order chi connectivity index (χ0) is 12.4. The zero-order valence-corrected chi connectivity index (χ0v) is 10.6. The van der Waals surface area contributed by atoms with E-state index in [0.29, 0.717) is 18.2 Å². The van der Waals surface area contributed by atoms with Gasteiger partial charge in [0.25, 0.3) is 0 Å². The topological polar surface area (TPSA) is 29.3 Å². The third kappa shape index (κ3) is 2.67. The Hall–Kier alpha value is -0.930. The Kier molecular flexibility index (Phi) is 3.79. The van der Waals surface area contributed by atoms with E-state index in [1.165, 1.54) is 12.8 Å². The van der Waals surface area contributed by atoms with E-state index in [0.717, 1.165) is 12.1 Å². The highest BCUT2D eigenvalue weighted by molar-refractivity contribution is 5.26. The Bertz CT molecular complexity index is 388. The van der Waals surface area contributed by atoms with Crippen molar-refractivity contribution in [2.45, 2.75) is 38.8 Å². The molecule has 0 amide bonds. The summed E-state index contributed by atoms with van der Waals surface area (Å²) in [5.41, 5.74) is 7.57. The largest absolute Gasteiger partial charge is 0.329 e. The van der Waals surface area contributed by atoms with Crippen LogP contribution in [0.1, 0.15) is 36.9 Å². The van der Waals surface area contributed by atoms with E-state index in [1.807, 2.05) is 12.1 Å². The summed E-state index contributed by atoms with van der Waals surface area (Å²) in [4.78, 5) is 2.39. The molecule has 2 N–H and O–H groups in total. The van der Waals surface area contributed by atoms with Crippen molar-refractivity contribution in [3.05, 3.63) is 35.1 Å². The highest BCUT2D eigenvalue weighted by Gasteiger charge is 2.32. The van der Waals surface area contributed by atoms with Crippen molar-refractivity contribution in [3.8, 4) is 0 Å². The number of benzene rings is 1. The van der Waals surface area contributed by atoms with E-state index in [1.54, 1.807) is 13.0 Å². The normalized spacial score (nSPS) is 17.5. The third-order valence-corrected chi connectivity index (χ3v) is 3.59. The first-order chi connectivity index (χ1) is 8.17. The van der Waals surface area contributed by atoms with Gasteiger partial charge in [0.15, 0.2) is 0 Å². The molecule has 0 heterocycles. The first-order valence-electron chi connectivity index (χ1n) is 6.39. The quantitative estimate of drug-likeness (QED) is 0.851. The maximum Gasteiger partial charge on any atom is 0.126 e. The van der Waals surface area contributed by atoms with E-state index in [9.17, 15) is 4.39 Å². The second-order valence-electron chi connectivity index (χ2n) is 4.82. The molecule has 1 saturated carbocycles. The van der Waals surface area contributed by atoms with Gasteiger partial charge in [0.05, 0.1) is 0 Å². The minimum atomic E-state index is -0.132. The van der Waals surface area contributed by atoms with Gasteiger partial charge in [-0.3, -0.25) is 4.90 Å². The van der Waals surface area contributed by atoms with E-state index in [2.05, 4.69) is 11.8 Å². The number of aryl methyl sites for hydroxylation is 1. The number of hydrogen-bond donors (Lipinski definition) is 1. The average molecular weight is 236 g/mol. The Balaban J connectivity index is 2.23. The van der Waals surface area contributed by atoms with Crippen LogP contribution < -0.4 is 5.73 Å². The second kappa shape index (κ2) is 5.15. The minimum Gasteiger partial charge on any atom is -0.329 e. The molecule has 1 unspecified atom stereocenters. The van der Waals surface area contributed by atoms with E-state index in [4.69, 9.17) is 5.73 Å². The monoisotopic (exact) mass is 236 g/mol. The summed E-state index contributed by atoms with van der Waals surface area (Å²) >= 11 is 0. The maximum absolute atomic E-state index is 13.6. The highest BCUT2D eigenvalue weighted by atomic mass is 19.1. The van der Waals surface area contributed by atoms with Crippen LogP contribution in [-0.4, -0.2) is 24.0 Å². The summed E-state index contributed by atoms with van der Waals surface area (Å²) < 4.78 is 13.6. The van der Waals surface area contributed by atoms with E-state index >= 15 is 0 Å². The molecule has 1 fully saturated rings. The van der Waals surface area contributed by atoms with Crippen LogP contribution in [0.4, 0.5) is 4.39 Å². The lowest BCUT2D eigenvalue weighted by atomic mass is 10.0. The molecule has 1 atom stereocenters. The average Bonchev–Trinajstić information content (AvgIpc) is 3.14. The number of likely N-dealkylation sites (N-methyl/N-ethyl adjacent to an activating group) is 1. The fraction of sp³-hybridized carbons (Fsp3) is 0.571. The van der Waals surface area contributed by atoms with Crippen LogP contribution in [0.15, 0.2) is 18.2 Å². The summed E-state index contributed by atoms with van der Waals surface area (Å²) in [6, 6.07) is 6.29. The van der Waals surface area contributed by atoms with Crippen LogP contribution in [0.3, 0.4) is 0 Å². The van der Waals surface area contributed by atoms with Crippen LogP contribution in [0.2, 0.25) is 0 Å². The van der Waals surface area contributed by atoms with E-state index in [-0.39, 0.29) is 11.9 Å². The Morgan fingerprint density at radius 3 is 2.65 bits per heavy atom. The molecular formula is C14H21FN2. The Morgan fingerprint density at radius 1 is 1.47 bits per heavy atom. The van der Waals surface area contributed by atoms with Gasteiger partial charge >= 0.3 is 0 Å². The van der Waals surface area contributed by atoms with Gasteiger partial charge in [-0.15, -0.1) is 0 Å². The first kappa shape index (κ1) is 12.5. The molecule has 1 aromatic carbocycles. The second-order valence-corrected chi connectivity index (χ2v) is 4.82. The standard InChI is InChI=1S/C14H21FN2/c1-3-17(12-6-7-12)14(9-16)11-5-4-10(2)13(15)8-11/h4-5,8,12,14H,3,6-7,9,16H2,1-2H3. The van der Waals surface area contributed by atoms with Crippen molar-refractivity contribution in [1.82, 2.24) is 4.90 Å². The van der Waals surface area contributed by atoms with Crippen LogP contribution in [0.25, 0.3) is 0 Å². The minimum absolute atomic E-state index is 0.132. The third-order valence-electron chi connectivity index (χ3n) is 3.59. The lowest BCUT2D eigenvalue weighted by molar-refractivity contribution is 0.201. The van der Waals surface area contributed by atoms with Gasteiger partial charge in [0.2, 0.25) is 0 Å². The zero-order valence-electron chi connectivity index (χ0n) is 10.6. The van der Waals surface area contributed by atoms with Gasteiger partial charge in [-0.05, 0) is 43.5 Å². The molecule has 1 aliphatic carbocycles. The van der Waals surface area contributed by atoms with Crippen molar-refractivity contribution in [2.75, 3.05) is 13.1 Å². The lowest BCUT2D eigenvalue weighted by Gasteiger charge is -2.30. The number of nitrogens with two attached hydrogens (primary N) is 1. The number of nitrogens with zero attached hydrogens (tertiary/aromatic N) is 1. The highest BCUT2D eigenvalue weighted by Crippen LogP contribution is 2.34. The summed E-state index contributed by atoms with van der Waals surface area (Å²) in [6.45, 7) is 5.45. The van der Waals surface area contributed by atoms with Gasteiger partial charge < -0.3 is 5.73 Å². The van der Waals surface area contributed by atoms with Gasteiger partial charge in [0.1, 0.15) is 5.82 Å². The molecule has 0 saturated heterocycles. The first-order valence-corrected chi connectivity index (χ1v) is 6.39. The summed E-state index contributed by atoms with van der Waals surface area (Å²) in [5.74, 6) is -0.132. The SMILES string of the molecule is CCN(C1CC1)C(CN)c1ccc(C)c(F)c1. The Labute approximate surface area is 103 Å². The molecule has 1 aromatic rings. The van der Waals surface area contributed by atoms with Crippen molar-refractivity contribution in [3.63, 3.8) is 0 Å². The number of rotatable bonds is 5. The van der Waals surface area contributed by atoms with Gasteiger partial charge in [0, 0.05) is 18.6 Å². The van der Waals surface area contributed by atoms with Crippen molar-refractivity contribution >= 4 is 0 Å². The molecule has 0 spiro atoms. The fourth-order valence-corrected chi connectivity index (χ4v) is 2.42. The van der Waals surface area contributed by atoms with Gasteiger partial charge in [-0.25, -0.2) is 4.39 Å². The van der Waals surface area contributed by atoms with Crippen LogP contribution in [-0.2, 0) is 0 Å². The molecule has 3 heteroatoms. The van der Waals surface area contributed by atoms with Crippen LogP contribution in [0.5, 0.6) is 0 Å². The van der Waals surface area contributed by atoms with Crippen molar-refractivity contribution in [2.24, 2.45) is 5.73 Å². The van der Waals surface area contributed by atoms with Crippen molar-refractivity contribution < 1.29 is 4.39 Å². The van der Waals surface area contributed by atoms with Crippen molar-refractivity contribution in [1.29, 1.82) is 0 Å². The number of hydrogen-bond acceptors (Lipinski definition) is 2. The van der Waals surface area contributed by atoms with Gasteiger partial charge in [-0.1, -0.05) is 19.1 Å². The fourth-order valence-electron chi connectivity index (χ4n) is 2.42. The smallest absolute Gasteiger partial charge is 0.126 e. The lowest BCUT2D eigenvalue weighted by Crippen LogP contribution is -2.35. The molecular weight excluding hydrogens is 215 g/mol. The van der Waals surface area contributed by atoms with E-state index < -0.39 is 0 Å². The molecule has 17 heavy (non-hydrogen) atoms. The predicted molar refractivity (Wildman–Crippen MR) is 68.3 cm³/mol. The summed E-state index contributed by atoms with van der Waals surface area (Å²) in [7, 11) is 0. The van der Waals surface area contributed by atoms with Gasteiger partial charge in [-0.2, -0.15) is 0 Å². The number of halogens is 1. The molecule has 2 rings (SSSR count). The van der Waals surface area contributed by atoms with Crippen LogP contribution in [0, 0.1) is 12.7 Å². The molecule has 0 bridgehead atoms. The summed E-state index contributed by atoms with van der Waals surface area (Å²) in [5, 5.41) is 0. The molecule has 94 valence electrons. The molecule has 2 nitrogen and oxygen atoms in total. The predicted octanol–water partition coefficient (Wildman–Crippen LogP) is 2.62. The van der Waals surface area contributed by atoms with Crippen LogP contribution >= 0.6 is 0 Å². The molecule has 1 aliphatic rings. The molecule has 0 radical (unpaired) electrons. The maximum atomic E-state index is 13.6. The molecule has 0 aliphatic heterocycles. The Morgan fingerprint density at radius 2 is 2.18 bits per heavy atom.